The lowest BCUT2D eigenvalue weighted by Gasteiger charge is -2.30. The highest BCUT2D eigenvalue weighted by Gasteiger charge is 2.31. The number of carbonyl (C=O) groups excluding carboxylic acids is 2. The molecule has 0 aliphatic carbocycles. The van der Waals surface area contributed by atoms with Gasteiger partial charge in [-0.2, -0.15) is 4.31 Å². The lowest BCUT2D eigenvalue weighted by Crippen LogP contribution is -2.39. The maximum Gasteiger partial charge on any atom is 0.338 e. The summed E-state index contributed by atoms with van der Waals surface area (Å²) in [5, 5.41) is 0.0196. The normalized spacial score (nSPS) is 16.8. The number of esters is 1. The molecule has 1 atom stereocenters. The first-order valence-electron chi connectivity index (χ1n) is 10.4. The van der Waals surface area contributed by atoms with Crippen molar-refractivity contribution in [2.45, 2.75) is 24.7 Å². The van der Waals surface area contributed by atoms with Gasteiger partial charge in [0.1, 0.15) is 4.90 Å². The number of rotatable bonds is 8. The minimum Gasteiger partial charge on any atom is -0.493 e. The third-order valence-corrected chi connectivity index (χ3v) is 7.79. The van der Waals surface area contributed by atoms with Crippen molar-refractivity contribution in [3.8, 4) is 11.5 Å². The van der Waals surface area contributed by atoms with Crippen LogP contribution in [0.25, 0.3) is 0 Å². The zero-order valence-electron chi connectivity index (χ0n) is 18.7. The summed E-state index contributed by atoms with van der Waals surface area (Å²) < 4.78 is 43.0. The second kappa shape index (κ2) is 10.5. The van der Waals surface area contributed by atoms with Crippen LogP contribution in [0.1, 0.15) is 40.5 Å². The summed E-state index contributed by atoms with van der Waals surface area (Å²) in [7, 11) is -0.942. The predicted octanol–water partition coefficient (Wildman–Crippen LogP) is 3.82. The molecule has 1 aliphatic heterocycles. The van der Waals surface area contributed by atoms with E-state index in [0.29, 0.717) is 24.6 Å². The van der Waals surface area contributed by atoms with E-state index in [4.69, 9.17) is 25.8 Å². The van der Waals surface area contributed by atoms with Crippen LogP contribution in [-0.4, -0.2) is 58.4 Å². The van der Waals surface area contributed by atoms with E-state index in [1.807, 2.05) is 6.92 Å². The molecule has 0 aromatic heterocycles. The van der Waals surface area contributed by atoms with Gasteiger partial charge in [0, 0.05) is 18.7 Å². The van der Waals surface area contributed by atoms with E-state index in [9.17, 15) is 18.0 Å². The van der Waals surface area contributed by atoms with Crippen molar-refractivity contribution in [3.05, 3.63) is 52.5 Å². The van der Waals surface area contributed by atoms with Crippen molar-refractivity contribution in [1.29, 1.82) is 0 Å². The summed E-state index contributed by atoms with van der Waals surface area (Å²) in [4.78, 5) is 24.9. The minimum atomic E-state index is -3.87. The van der Waals surface area contributed by atoms with Crippen molar-refractivity contribution < 1.29 is 32.2 Å². The predicted molar refractivity (Wildman–Crippen MR) is 123 cm³/mol. The van der Waals surface area contributed by atoms with Gasteiger partial charge in [-0.15, -0.1) is 0 Å². The SMILES string of the molecule is COc1ccc(C(=O)COC(=O)c2ccc(Cl)c(S(=O)(=O)N3CCCC(C)C3)c2)cc1OC. The molecule has 3 rings (SSSR count). The Labute approximate surface area is 198 Å². The van der Waals surface area contributed by atoms with E-state index in [1.54, 1.807) is 6.07 Å². The third-order valence-electron chi connectivity index (χ3n) is 5.44. The van der Waals surface area contributed by atoms with Crippen molar-refractivity contribution in [2.24, 2.45) is 5.92 Å². The number of hydrogen-bond acceptors (Lipinski definition) is 7. The molecule has 1 saturated heterocycles. The minimum absolute atomic E-state index is 0.0110. The molecule has 1 fully saturated rings. The van der Waals surface area contributed by atoms with Gasteiger partial charge in [-0.25, -0.2) is 13.2 Å². The van der Waals surface area contributed by atoms with Crippen LogP contribution in [0.15, 0.2) is 41.3 Å². The monoisotopic (exact) mass is 495 g/mol. The Bertz CT molecular complexity index is 1150. The summed E-state index contributed by atoms with van der Waals surface area (Å²) in [6, 6.07) is 8.50. The van der Waals surface area contributed by atoms with Gasteiger partial charge in [-0.1, -0.05) is 18.5 Å². The van der Waals surface area contributed by atoms with Crippen molar-refractivity contribution >= 4 is 33.4 Å². The van der Waals surface area contributed by atoms with Gasteiger partial charge in [-0.05, 0) is 55.2 Å². The molecule has 0 radical (unpaired) electrons. The number of piperidine rings is 1. The second-order valence-electron chi connectivity index (χ2n) is 7.82. The topological polar surface area (TPSA) is 99.2 Å². The third kappa shape index (κ3) is 5.66. The Kier molecular flexibility index (Phi) is 7.99. The van der Waals surface area contributed by atoms with Crippen molar-refractivity contribution in [2.75, 3.05) is 33.9 Å². The molecular formula is C23H26ClNO7S. The summed E-state index contributed by atoms with van der Waals surface area (Å²) in [6.07, 6.45) is 1.72. The van der Waals surface area contributed by atoms with Crippen LogP contribution < -0.4 is 9.47 Å². The Hall–Kier alpha value is -2.62. The summed E-state index contributed by atoms with van der Waals surface area (Å²) in [5.74, 6) is -0.210. The Morgan fingerprint density at radius 1 is 1.06 bits per heavy atom. The quantitative estimate of drug-likeness (QED) is 0.405. The van der Waals surface area contributed by atoms with Crippen LogP contribution in [0, 0.1) is 5.92 Å². The highest BCUT2D eigenvalue weighted by Crippen LogP contribution is 2.30. The van der Waals surface area contributed by atoms with Crippen LogP contribution in [0.5, 0.6) is 11.5 Å². The summed E-state index contributed by atoms with van der Waals surface area (Å²) in [5.41, 5.74) is 0.266. The molecule has 2 aromatic rings. The van der Waals surface area contributed by atoms with E-state index in [0.717, 1.165) is 12.8 Å². The van der Waals surface area contributed by atoms with Gasteiger partial charge in [0.2, 0.25) is 10.0 Å². The van der Waals surface area contributed by atoms with Gasteiger partial charge >= 0.3 is 5.97 Å². The molecule has 0 saturated carbocycles. The Morgan fingerprint density at radius 2 is 1.76 bits per heavy atom. The van der Waals surface area contributed by atoms with E-state index < -0.39 is 28.4 Å². The van der Waals surface area contributed by atoms with E-state index in [2.05, 4.69) is 0 Å². The highest BCUT2D eigenvalue weighted by molar-refractivity contribution is 7.89. The molecule has 10 heteroatoms. The van der Waals surface area contributed by atoms with Crippen LogP contribution in [-0.2, 0) is 14.8 Å². The lowest BCUT2D eigenvalue weighted by atomic mass is 10.0. The zero-order valence-corrected chi connectivity index (χ0v) is 20.2. The van der Waals surface area contributed by atoms with E-state index >= 15 is 0 Å². The van der Waals surface area contributed by atoms with Crippen LogP contribution >= 0.6 is 11.6 Å². The van der Waals surface area contributed by atoms with Crippen molar-refractivity contribution in [3.63, 3.8) is 0 Å². The van der Waals surface area contributed by atoms with Gasteiger partial charge in [0.05, 0.1) is 24.8 Å². The summed E-state index contributed by atoms with van der Waals surface area (Å²) >= 11 is 6.17. The zero-order chi connectivity index (χ0) is 24.2. The number of methoxy groups -OCH3 is 2. The largest absolute Gasteiger partial charge is 0.493 e. The van der Waals surface area contributed by atoms with E-state index in [-0.39, 0.29) is 27.0 Å². The molecule has 0 bridgehead atoms. The number of sulfonamides is 1. The highest BCUT2D eigenvalue weighted by atomic mass is 35.5. The van der Waals surface area contributed by atoms with Gasteiger partial charge in [-0.3, -0.25) is 4.79 Å². The van der Waals surface area contributed by atoms with Gasteiger partial charge < -0.3 is 14.2 Å². The molecule has 1 unspecified atom stereocenters. The molecule has 0 N–H and O–H groups in total. The van der Waals surface area contributed by atoms with E-state index in [1.165, 1.54) is 48.9 Å². The first kappa shape index (κ1) is 25.0. The lowest BCUT2D eigenvalue weighted by molar-refractivity contribution is 0.0474. The number of carbonyl (C=O) groups is 2. The van der Waals surface area contributed by atoms with Crippen LogP contribution in [0.3, 0.4) is 0 Å². The van der Waals surface area contributed by atoms with Crippen molar-refractivity contribution in [1.82, 2.24) is 4.31 Å². The maximum absolute atomic E-state index is 13.1. The molecular weight excluding hydrogens is 470 g/mol. The van der Waals surface area contributed by atoms with Crippen LogP contribution in [0.2, 0.25) is 5.02 Å². The average molecular weight is 496 g/mol. The molecule has 33 heavy (non-hydrogen) atoms. The Balaban J connectivity index is 1.74. The smallest absolute Gasteiger partial charge is 0.338 e. The molecule has 178 valence electrons. The molecule has 1 aliphatic rings. The fraction of sp³-hybridized carbons (Fsp3) is 0.391. The first-order chi connectivity index (χ1) is 15.7. The molecule has 8 nitrogen and oxygen atoms in total. The first-order valence-corrected chi connectivity index (χ1v) is 12.2. The number of hydrogen-bond donors (Lipinski definition) is 0. The Morgan fingerprint density at radius 3 is 2.42 bits per heavy atom. The second-order valence-corrected chi connectivity index (χ2v) is 10.1. The molecule has 0 spiro atoms. The summed E-state index contributed by atoms with van der Waals surface area (Å²) in [6.45, 7) is 2.26. The standard InChI is InChI=1S/C23H26ClNO7S/c1-15-5-4-10-25(13-15)33(28,29)22-12-17(6-8-18(22)24)23(27)32-14-19(26)16-7-9-20(30-2)21(11-16)31-3/h6-9,11-12,15H,4-5,10,13-14H2,1-3H3. The van der Waals surface area contributed by atoms with Gasteiger partial charge in [0.25, 0.3) is 0 Å². The fourth-order valence-corrected chi connectivity index (χ4v) is 5.74. The number of nitrogens with zero attached hydrogens (tertiary/aromatic N) is 1. The molecule has 0 amide bonds. The number of ether oxygens (including phenoxy) is 3. The number of ketones is 1. The molecule has 2 aromatic carbocycles. The number of Topliss-reactive ketones (excluding diaryl/α,β-unsaturated/α-hetero) is 1. The van der Waals surface area contributed by atoms with Crippen LogP contribution in [0.4, 0.5) is 0 Å². The number of benzene rings is 2. The fourth-order valence-electron chi connectivity index (χ4n) is 3.64. The van der Waals surface area contributed by atoms with Gasteiger partial charge in [0.15, 0.2) is 23.9 Å². The number of halogens is 1. The average Bonchev–Trinajstić information content (AvgIpc) is 2.81. The molecule has 1 heterocycles. The maximum atomic E-state index is 13.1.